The van der Waals surface area contributed by atoms with Crippen molar-refractivity contribution in [3.63, 3.8) is 0 Å². The Hall–Kier alpha value is 0.650. The fourth-order valence-corrected chi connectivity index (χ4v) is 0.905. The maximum atomic E-state index is 10.2. The summed E-state index contributed by atoms with van der Waals surface area (Å²) < 4.78 is 0. The number of β-amino-alcohol motifs (C(OH)–C–C–N with tert-alkyl or cyclic N) is 1. The largest absolute Gasteiger partial charge is 0.480 e. The van der Waals surface area contributed by atoms with Gasteiger partial charge in [-0.2, -0.15) is 0 Å². The van der Waals surface area contributed by atoms with E-state index in [1.165, 1.54) is 0 Å². The molecule has 10 heavy (non-hydrogen) atoms. The van der Waals surface area contributed by atoms with Crippen LogP contribution in [0.25, 0.3) is 0 Å². The van der Waals surface area contributed by atoms with Crippen LogP contribution in [0.4, 0.5) is 0 Å². The van der Waals surface area contributed by atoms with Gasteiger partial charge in [0.25, 0.3) is 0 Å². The van der Waals surface area contributed by atoms with E-state index >= 15 is 0 Å². The van der Waals surface area contributed by atoms with Crippen molar-refractivity contribution in [2.75, 3.05) is 6.54 Å². The fourth-order valence-electron chi connectivity index (χ4n) is 0.905. The minimum Gasteiger partial charge on any atom is -0.480 e. The number of aliphatic hydroxyl groups excluding tert-OH is 1. The maximum absolute atomic E-state index is 10.2. The Morgan fingerprint density at radius 3 is 2.40 bits per heavy atom. The molecular weight excluding hydrogens is 162 g/mol. The van der Waals surface area contributed by atoms with Crippen molar-refractivity contribution in [1.82, 2.24) is 5.32 Å². The van der Waals surface area contributed by atoms with Gasteiger partial charge in [-0.1, -0.05) is 0 Å². The van der Waals surface area contributed by atoms with E-state index in [4.69, 9.17) is 10.2 Å². The molecule has 1 aliphatic heterocycles. The summed E-state index contributed by atoms with van der Waals surface area (Å²) in [5, 5.41) is 19.8. The third-order valence-electron chi connectivity index (χ3n) is 1.41. The summed E-state index contributed by atoms with van der Waals surface area (Å²) >= 11 is 0. The minimum atomic E-state index is -0.883. The Bertz CT molecular complexity index is 130. The second-order valence-electron chi connectivity index (χ2n) is 2.19. The Labute approximate surface area is 88.6 Å². The van der Waals surface area contributed by atoms with Crippen molar-refractivity contribution in [3.05, 3.63) is 0 Å². The first-order valence-corrected chi connectivity index (χ1v) is 2.84. The third kappa shape index (κ3) is 2.72. The molecule has 1 saturated heterocycles. The molecule has 3 N–H and O–H groups in total. The average Bonchev–Trinajstić information content (AvgIpc) is 2.14. The summed E-state index contributed by atoms with van der Waals surface area (Å²) in [5.74, 6) is -0.883. The minimum absolute atomic E-state index is 0. The molecule has 1 aliphatic rings. The Morgan fingerprint density at radius 2 is 2.20 bits per heavy atom. The van der Waals surface area contributed by atoms with Crippen LogP contribution in [0.1, 0.15) is 6.42 Å². The van der Waals surface area contributed by atoms with Gasteiger partial charge in [-0.15, -0.1) is 0 Å². The van der Waals surface area contributed by atoms with Crippen molar-refractivity contribution >= 4 is 43.7 Å². The van der Waals surface area contributed by atoms with Crippen molar-refractivity contribution in [1.29, 1.82) is 0 Å². The van der Waals surface area contributed by atoms with Gasteiger partial charge in [0.1, 0.15) is 6.04 Å². The molecule has 0 aromatic rings. The molecule has 2 atom stereocenters. The standard InChI is InChI=1S/C5H9NO3.Ca/c7-3-1-4(5(8)9)6-2-3;/h3-4,6-7H,1-2H2,(H,8,9);/t3-,4+;/m1./s1. The van der Waals surface area contributed by atoms with Gasteiger partial charge in [0.05, 0.1) is 6.10 Å². The number of nitrogens with one attached hydrogen (secondary N) is 1. The van der Waals surface area contributed by atoms with Crippen molar-refractivity contribution in [2.45, 2.75) is 18.6 Å². The number of rotatable bonds is 1. The Balaban J connectivity index is 0.000000810. The van der Waals surface area contributed by atoms with Crippen molar-refractivity contribution in [2.24, 2.45) is 0 Å². The van der Waals surface area contributed by atoms with Crippen LogP contribution in [-0.2, 0) is 4.79 Å². The van der Waals surface area contributed by atoms with E-state index in [1.54, 1.807) is 0 Å². The molecule has 0 aromatic carbocycles. The number of carboxylic acids is 1. The SMILES string of the molecule is O=C(O)[C@@H]1C[C@@H](O)CN1.[Ca]. The monoisotopic (exact) mass is 171 g/mol. The molecule has 1 rings (SSSR count). The molecule has 0 spiro atoms. The first-order valence-electron chi connectivity index (χ1n) is 2.84. The van der Waals surface area contributed by atoms with Gasteiger partial charge in [0.15, 0.2) is 0 Å². The first-order chi connectivity index (χ1) is 4.20. The summed E-state index contributed by atoms with van der Waals surface area (Å²) in [7, 11) is 0. The zero-order valence-electron chi connectivity index (χ0n) is 5.58. The van der Waals surface area contributed by atoms with Gasteiger partial charge in [-0.3, -0.25) is 4.79 Å². The van der Waals surface area contributed by atoms with E-state index in [0.29, 0.717) is 13.0 Å². The predicted molar refractivity (Wildman–Crippen MR) is 35.8 cm³/mol. The van der Waals surface area contributed by atoms with E-state index in [2.05, 4.69) is 5.32 Å². The Kier molecular flexibility index (Phi) is 4.81. The van der Waals surface area contributed by atoms with Crippen LogP contribution in [0.3, 0.4) is 0 Å². The quantitative estimate of drug-likeness (QED) is 0.416. The van der Waals surface area contributed by atoms with Crippen LogP contribution < -0.4 is 5.32 Å². The molecule has 0 aromatic heterocycles. The van der Waals surface area contributed by atoms with Gasteiger partial charge in [-0.05, 0) is 0 Å². The number of hydrogen-bond acceptors (Lipinski definition) is 3. The van der Waals surface area contributed by atoms with Crippen LogP contribution in [0.15, 0.2) is 0 Å². The summed E-state index contributed by atoms with van der Waals surface area (Å²) in [6, 6.07) is -0.542. The topological polar surface area (TPSA) is 69.6 Å². The molecule has 1 heterocycles. The van der Waals surface area contributed by atoms with Crippen molar-refractivity contribution in [3.8, 4) is 0 Å². The molecule has 0 bridgehead atoms. The van der Waals surface area contributed by atoms with Gasteiger partial charge in [0, 0.05) is 50.7 Å². The van der Waals surface area contributed by atoms with Gasteiger partial charge in [-0.25, -0.2) is 0 Å². The predicted octanol–water partition coefficient (Wildman–Crippen LogP) is -1.59. The molecule has 54 valence electrons. The fraction of sp³-hybridized carbons (Fsp3) is 0.800. The van der Waals surface area contributed by atoms with Crippen LogP contribution in [0.2, 0.25) is 0 Å². The van der Waals surface area contributed by atoms with Crippen LogP contribution in [0.5, 0.6) is 0 Å². The number of carbonyl (C=O) groups is 1. The van der Waals surface area contributed by atoms with Crippen LogP contribution >= 0.6 is 0 Å². The maximum Gasteiger partial charge on any atom is 0.320 e. The zero-order valence-corrected chi connectivity index (χ0v) is 7.79. The van der Waals surface area contributed by atoms with Gasteiger partial charge in [0.2, 0.25) is 0 Å². The second-order valence-corrected chi connectivity index (χ2v) is 2.19. The first kappa shape index (κ1) is 10.6. The zero-order chi connectivity index (χ0) is 6.85. The van der Waals surface area contributed by atoms with Gasteiger partial charge < -0.3 is 15.5 Å². The summed E-state index contributed by atoms with van der Waals surface area (Å²) in [4.78, 5) is 10.2. The summed E-state index contributed by atoms with van der Waals surface area (Å²) in [5.41, 5.74) is 0. The number of aliphatic hydroxyl groups is 1. The molecule has 2 radical (unpaired) electrons. The molecule has 0 unspecified atom stereocenters. The molecule has 1 fully saturated rings. The third-order valence-corrected chi connectivity index (χ3v) is 1.41. The van der Waals surface area contributed by atoms with E-state index in [-0.39, 0.29) is 37.7 Å². The van der Waals surface area contributed by atoms with E-state index in [0.717, 1.165) is 0 Å². The summed E-state index contributed by atoms with van der Waals surface area (Å²) in [6.45, 7) is 0.400. The molecule has 0 saturated carbocycles. The summed E-state index contributed by atoms with van der Waals surface area (Å²) in [6.07, 6.45) is -0.152. The molecule has 0 amide bonds. The van der Waals surface area contributed by atoms with Crippen molar-refractivity contribution < 1.29 is 15.0 Å². The molecule has 4 nitrogen and oxygen atoms in total. The van der Waals surface area contributed by atoms with E-state index in [9.17, 15) is 4.79 Å². The van der Waals surface area contributed by atoms with E-state index in [1.807, 2.05) is 0 Å². The number of hydrogen-bond donors (Lipinski definition) is 3. The van der Waals surface area contributed by atoms with E-state index < -0.39 is 18.1 Å². The number of aliphatic carboxylic acids is 1. The molecule has 5 heteroatoms. The average molecular weight is 171 g/mol. The number of carboxylic acid groups (broad SMARTS) is 1. The smallest absolute Gasteiger partial charge is 0.320 e. The Morgan fingerprint density at radius 1 is 1.60 bits per heavy atom. The molecular formula is C5H9CaNO3. The normalized spacial score (nSPS) is 31.3. The van der Waals surface area contributed by atoms with Crippen LogP contribution in [-0.4, -0.2) is 72.6 Å². The molecule has 0 aliphatic carbocycles. The van der Waals surface area contributed by atoms with Crippen LogP contribution in [0, 0.1) is 0 Å². The second kappa shape index (κ2) is 4.51. The van der Waals surface area contributed by atoms with Gasteiger partial charge >= 0.3 is 5.97 Å².